The molecule has 1 atom stereocenters. The van der Waals surface area contributed by atoms with E-state index in [-0.39, 0.29) is 0 Å². The highest BCUT2D eigenvalue weighted by molar-refractivity contribution is 5.49. The van der Waals surface area contributed by atoms with Gasteiger partial charge in [0.05, 0.1) is 19.3 Å². The summed E-state index contributed by atoms with van der Waals surface area (Å²) in [5.74, 6) is 0. The first-order valence-electron chi connectivity index (χ1n) is 8.69. The predicted molar refractivity (Wildman–Crippen MR) is 95.0 cm³/mol. The second kappa shape index (κ2) is 6.93. The molecule has 2 aliphatic heterocycles. The number of β-amino-alcohol motifs (C(OH)–C–C–N with tert-alkyl or cyclic N) is 1. The van der Waals surface area contributed by atoms with Crippen molar-refractivity contribution in [2.45, 2.75) is 19.2 Å². The molecule has 0 aliphatic carbocycles. The van der Waals surface area contributed by atoms with E-state index in [1.807, 2.05) is 18.2 Å². The summed E-state index contributed by atoms with van der Waals surface area (Å²) in [7, 11) is 0. The fraction of sp³-hybridized carbons (Fsp3) is 0.400. The lowest BCUT2D eigenvalue weighted by Gasteiger charge is -2.33. The molecule has 2 aromatic rings. The van der Waals surface area contributed by atoms with Gasteiger partial charge in [0.2, 0.25) is 0 Å². The molecule has 0 spiro atoms. The molecule has 0 bridgehead atoms. The zero-order valence-electron chi connectivity index (χ0n) is 13.9. The van der Waals surface area contributed by atoms with Gasteiger partial charge in [-0.15, -0.1) is 0 Å². The van der Waals surface area contributed by atoms with Crippen molar-refractivity contribution in [1.29, 1.82) is 0 Å². The van der Waals surface area contributed by atoms with Crippen molar-refractivity contribution in [3.05, 3.63) is 65.2 Å². The van der Waals surface area contributed by atoms with Crippen molar-refractivity contribution in [2.24, 2.45) is 0 Å². The monoisotopic (exact) mass is 324 g/mol. The van der Waals surface area contributed by atoms with Gasteiger partial charge in [-0.3, -0.25) is 4.90 Å². The Morgan fingerprint density at radius 3 is 2.75 bits per heavy atom. The van der Waals surface area contributed by atoms with Gasteiger partial charge >= 0.3 is 0 Å². The Morgan fingerprint density at radius 2 is 1.88 bits per heavy atom. The van der Waals surface area contributed by atoms with E-state index >= 15 is 0 Å². The molecule has 0 saturated carbocycles. The van der Waals surface area contributed by atoms with Crippen molar-refractivity contribution < 1.29 is 9.84 Å². The standard InChI is InChI=1S/C20H24N2O2/c23-20-15-21(14-17-5-1-2-7-19(17)20)13-16-4-3-6-18(12-16)22-8-10-24-11-9-22/h1-7,12,20,23H,8-11,13-15H2. The fourth-order valence-electron chi connectivity index (χ4n) is 3.70. The van der Waals surface area contributed by atoms with Gasteiger partial charge in [-0.1, -0.05) is 36.4 Å². The molecule has 1 saturated heterocycles. The Morgan fingerprint density at radius 1 is 1.04 bits per heavy atom. The maximum atomic E-state index is 10.4. The van der Waals surface area contributed by atoms with Crippen molar-refractivity contribution in [1.82, 2.24) is 4.90 Å². The van der Waals surface area contributed by atoms with Crippen molar-refractivity contribution in [3.8, 4) is 0 Å². The van der Waals surface area contributed by atoms with Crippen LogP contribution in [0.5, 0.6) is 0 Å². The van der Waals surface area contributed by atoms with E-state index in [1.165, 1.54) is 16.8 Å². The summed E-state index contributed by atoms with van der Waals surface area (Å²) >= 11 is 0. The minimum absolute atomic E-state index is 0.391. The van der Waals surface area contributed by atoms with Gasteiger partial charge in [0.15, 0.2) is 0 Å². The molecule has 4 rings (SSSR count). The van der Waals surface area contributed by atoms with Crippen molar-refractivity contribution in [3.63, 3.8) is 0 Å². The first-order chi connectivity index (χ1) is 11.8. The van der Waals surface area contributed by atoms with E-state index in [4.69, 9.17) is 4.74 Å². The third-order valence-electron chi connectivity index (χ3n) is 4.93. The normalized spacial score (nSPS) is 21.5. The van der Waals surface area contributed by atoms with Crippen LogP contribution in [0.25, 0.3) is 0 Å². The minimum Gasteiger partial charge on any atom is -0.387 e. The van der Waals surface area contributed by atoms with E-state index in [2.05, 4.69) is 40.1 Å². The van der Waals surface area contributed by atoms with Gasteiger partial charge in [-0.2, -0.15) is 0 Å². The lowest BCUT2D eigenvalue weighted by molar-refractivity contribution is 0.0882. The molecule has 1 N–H and O–H groups in total. The summed E-state index contributed by atoms with van der Waals surface area (Å²) in [6, 6.07) is 17.0. The second-order valence-corrected chi connectivity index (χ2v) is 6.65. The highest BCUT2D eigenvalue weighted by atomic mass is 16.5. The van der Waals surface area contributed by atoms with Crippen LogP contribution < -0.4 is 4.90 Å². The van der Waals surface area contributed by atoms with E-state index < -0.39 is 6.10 Å². The summed E-state index contributed by atoms with van der Waals surface area (Å²) in [6.45, 7) is 5.98. The number of rotatable bonds is 3. The van der Waals surface area contributed by atoms with Crippen molar-refractivity contribution in [2.75, 3.05) is 37.7 Å². The SMILES string of the molecule is OC1CN(Cc2cccc(N3CCOCC3)c2)Cc2ccccc21. The molecule has 24 heavy (non-hydrogen) atoms. The molecule has 0 radical (unpaired) electrons. The van der Waals surface area contributed by atoms with Gasteiger partial charge in [0, 0.05) is 38.4 Å². The average molecular weight is 324 g/mol. The second-order valence-electron chi connectivity index (χ2n) is 6.65. The van der Waals surface area contributed by atoms with E-state index in [9.17, 15) is 5.11 Å². The molecule has 0 amide bonds. The molecule has 1 unspecified atom stereocenters. The molecule has 2 aromatic carbocycles. The highest BCUT2D eigenvalue weighted by Gasteiger charge is 2.23. The quantitative estimate of drug-likeness (QED) is 0.941. The van der Waals surface area contributed by atoms with Crippen LogP contribution in [0.15, 0.2) is 48.5 Å². The molecule has 1 fully saturated rings. The maximum absolute atomic E-state index is 10.4. The van der Waals surface area contributed by atoms with Crippen LogP contribution >= 0.6 is 0 Å². The number of aliphatic hydroxyl groups excluding tert-OH is 1. The average Bonchev–Trinajstić information content (AvgIpc) is 2.63. The lowest BCUT2D eigenvalue weighted by atomic mass is 9.97. The van der Waals surface area contributed by atoms with Crippen molar-refractivity contribution >= 4 is 5.69 Å². The first kappa shape index (κ1) is 15.6. The van der Waals surface area contributed by atoms with Crippen LogP contribution in [-0.2, 0) is 17.8 Å². The number of aliphatic hydroxyl groups is 1. The molecule has 2 heterocycles. The fourth-order valence-corrected chi connectivity index (χ4v) is 3.70. The highest BCUT2D eigenvalue weighted by Crippen LogP contribution is 2.28. The maximum Gasteiger partial charge on any atom is 0.0920 e. The number of fused-ring (bicyclic) bond motifs is 1. The number of ether oxygens (including phenoxy) is 1. The number of hydrogen-bond acceptors (Lipinski definition) is 4. The molecule has 4 heteroatoms. The zero-order chi connectivity index (χ0) is 16.4. The van der Waals surface area contributed by atoms with Crippen LogP contribution in [0.4, 0.5) is 5.69 Å². The molecule has 2 aliphatic rings. The number of anilines is 1. The number of nitrogens with zero attached hydrogens (tertiary/aromatic N) is 2. The Kier molecular flexibility index (Phi) is 4.52. The summed E-state index contributed by atoms with van der Waals surface area (Å²) < 4.78 is 5.44. The minimum atomic E-state index is -0.391. The molecular weight excluding hydrogens is 300 g/mol. The van der Waals surface area contributed by atoms with Crippen LogP contribution in [0.1, 0.15) is 22.8 Å². The lowest BCUT2D eigenvalue weighted by Crippen LogP contribution is -2.36. The Balaban J connectivity index is 1.48. The molecular formula is C20H24N2O2. The molecule has 126 valence electrons. The Bertz CT molecular complexity index is 698. The summed E-state index contributed by atoms with van der Waals surface area (Å²) in [6.07, 6.45) is -0.391. The summed E-state index contributed by atoms with van der Waals surface area (Å²) in [4.78, 5) is 4.71. The van der Waals surface area contributed by atoms with Crippen LogP contribution in [0, 0.1) is 0 Å². The zero-order valence-corrected chi connectivity index (χ0v) is 13.9. The van der Waals surface area contributed by atoms with E-state index in [1.54, 1.807) is 0 Å². The molecule has 0 aromatic heterocycles. The van der Waals surface area contributed by atoms with Crippen LogP contribution in [-0.4, -0.2) is 42.9 Å². The number of morpholine rings is 1. The van der Waals surface area contributed by atoms with Gasteiger partial charge in [0.1, 0.15) is 0 Å². The van der Waals surface area contributed by atoms with Crippen LogP contribution in [0.3, 0.4) is 0 Å². The first-order valence-corrected chi connectivity index (χ1v) is 8.69. The number of hydrogen-bond donors (Lipinski definition) is 1. The smallest absolute Gasteiger partial charge is 0.0920 e. The van der Waals surface area contributed by atoms with Gasteiger partial charge < -0.3 is 14.7 Å². The largest absolute Gasteiger partial charge is 0.387 e. The van der Waals surface area contributed by atoms with Gasteiger partial charge in [-0.25, -0.2) is 0 Å². The predicted octanol–water partition coefficient (Wildman–Crippen LogP) is 2.57. The third-order valence-corrected chi connectivity index (χ3v) is 4.93. The van der Waals surface area contributed by atoms with E-state index in [0.717, 1.165) is 45.0 Å². The van der Waals surface area contributed by atoms with Gasteiger partial charge in [0.25, 0.3) is 0 Å². The van der Waals surface area contributed by atoms with E-state index in [0.29, 0.717) is 6.54 Å². The number of benzene rings is 2. The molecule has 4 nitrogen and oxygen atoms in total. The third kappa shape index (κ3) is 3.31. The van der Waals surface area contributed by atoms with Crippen LogP contribution in [0.2, 0.25) is 0 Å². The Labute approximate surface area is 143 Å². The summed E-state index contributed by atoms with van der Waals surface area (Å²) in [5, 5.41) is 10.4. The van der Waals surface area contributed by atoms with Gasteiger partial charge in [-0.05, 0) is 28.8 Å². The summed E-state index contributed by atoms with van der Waals surface area (Å²) in [5.41, 5.74) is 4.88. The Hall–Kier alpha value is -1.88. The topological polar surface area (TPSA) is 35.9 Å².